The van der Waals surface area contributed by atoms with Gasteiger partial charge in [0.15, 0.2) is 6.61 Å². The molecule has 27 heavy (non-hydrogen) atoms. The minimum Gasteiger partial charge on any atom is -0.455 e. The van der Waals surface area contributed by atoms with Crippen molar-refractivity contribution < 1.29 is 27.1 Å². The van der Waals surface area contributed by atoms with Crippen molar-refractivity contribution in [2.75, 3.05) is 18.5 Å². The summed E-state index contributed by atoms with van der Waals surface area (Å²) in [5, 5.41) is 2.19. The van der Waals surface area contributed by atoms with E-state index in [1.807, 2.05) is 6.92 Å². The number of hydrogen-bond donors (Lipinski definition) is 2. The van der Waals surface area contributed by atoms with Crippen LogP contribution in [0.25, 0.3) is 0 Å². The Morgan fingerprint density at radius 2 is 1.81 bits per heavy atom. The van der Waals surface area contributed by atoms with Gasteiger partial charge >= 0.3 is 5.97 Å². The lowest BCUT2D eigenvalue weighted by Crippen LogP contribution is -2.32. The number of hydrogen-bond acceptors (Lipinski definition) is 5. The van der Waals surface area contributed by atoms with E-state index in [0.717, 1.165) is 11.6 Å². The number of sulfonamides is 1. The predicted octanol–water partition coefficient (Wildman–Crippen LogP) is 2.25. The molecule has 0 aromatic heterocycles. The van der Waals surface area contributed by atoms with Gasteiger partial charge in [-0.3, -0.25) is 9.59 Å². The zero-order valence-electron chi connectivity index (χ0n) is 14.2. The van der Waals surface area contributed by atoms with Gasteiger partial charge in [0, 0.05) is 5.69 Å². The van der Waals surface area contributed by atoms with Gasteiger partial charge in [-0.1, -0.05) is 29.3 Å². The Kier molecular flexibility index (Phi) is 6.89. The largest absolute Gasteiger partial charge is 0.455 e. The normalized spacial score (nSPS) is 11.1. The predicted molar refractivity (Wildman–Crippen MR) is 97.4 cm³/mol. The van der Waals surface area contributed by atoms with E-state index in [1.54, 1.807) is 12.1 Å². The summed E-state index contributed by atoms with van der Waals surface area (Å²) in [5.41, 5.74) is 1.12. The molecule has 0 saturated heterocycles. The fraction of sp³-hybridized carbons (Fsp3) is 0.176. The number of amides is 1. The molecule has 0 heterocycles. The molecule has 0 fully saturated rings. The Bertz CT molecular complexity index is 948. The van der Waals surface area contributed by atoms with Gasteiger partial charge in [-0.2, -0.15) is 4.72 Å². The first kappa shape index (κ1) is 20.8. The highest BCUT2D eigenvalue weighted by atomic mass is 35.5. The molecule has 0 saturated carbocycles. The van der Waals surface area contributed by atoms with E-state index in [0.29, 0.717) is 0 Å². The number of halogens is 2. The summed E-state index contributed by atoms with van der Waals surface area (Å²) >= 11 is 5.59. The molecular formula is C17H16ClFN2O5S. The van der Waals surface area contributed by atoms with E-state index in [2.05, 4.69) is 10.0 Å². The van der Waals surface area contributed by atoms with Crippen molar-refractivity contribution in [2.45, 2.75) is 11.8 Å². The maximum atomic E-state index is 13.0. The van der Waals surface area contributed by atoms with E-state index in [-0.39, 0.29) is 15.6 Å². The van der Waals surface area contributed by atoms with Crippen molar-refractivity contribution in [3.05, 3.63) is 58.9 Å². The number of carbonyl (C=O) groups excluding carboxylic acids is 2. The molecule has 0 unspecified atom stereocenters. The number of ether oxygens (including phenoxy) is 1. The Hall–Kier alpha value is -2.49. The number of anilines is 1. The zero-order valence-corrected chi connectivity index (χ0v) is 15.7. The van der Waals surface area contributed by atoms with Crippen LogP contribution in [-0.4, -0.2) is 33.4 Å². The number of rotatable bonds is 7. The van der Waals surface area contributed by atoms with Gasteiger partial charge in [0.05, 0.1) is 9.92 Å². The molecule has 2 rings (SSSR count). The van der Waals surface area contributed by atoms with Gasteiger partial charge < -0.3 is 10.1 Å². The summed E-state index contributed by atoms with van der Waals surface area (Å²) < 4.78 is 43.9. The van der Waals surface area contributed by atoms with Crippen LogP contribution in [0, 0.1) is 12.7 Å². The highest BCUT2D eigenvalue weighted by molar-refractivity contribution is 7.89. The molecule has 7 nitrogen and oxygen atoms in total. The van der Waals surface area contributed by atoms with Crippen LogP contribution >= 0.6 is 11.6 Å². The van der Waals surface area contributed by atoms with Crippen LogP contribution in [0.15, 0.2) is 47.4 Å². The lowest BCUT2D eigenvalue weighted by molar-refractivity contribution is -0.146. The summed E-state index contributed by atoms with van der Waals surface area (Å²) in [4.78, 5) is 23.3. The Morgan fingerprint density at radius 1 is 1.15 bits per heavy atom. The molecule has 0 radical (unpaired) electrons. The lowest BCUT2D eigenvalue weighted by atomic mass is 10.2. The molecule has 144 valence electrons. The Morgan fingerprint density at radius 3 is 2.44 bits per heavy atom. The molecule has 2 N–H and O–H groups in total. The smallest absolute Gasteiger partial charge is 0.321 e. The maximum absolute atomic E-state index is 13.0. The number of esters is 1. The Balaban J connectivity index is 1.80. The molecular weight excluding hydrogens is 399 g/mol. The molecule has 0 aliphatic heterocycles. The number of aryl methyl sites for hydroxylation is 1. The molecule has 0 aliphatic rings. The molecule has 1 amide bonds. The van der Waals surface area contributed by atoms with Crippen LogP contribution in [0.1, 0.15) is 5.56 Å². The first-order valence-corrected chi connectivity index (χ1v) is 9.50. The molecule has 2 aromatic carbocycles. The van der Waals surface area contributed by atoms with Crippen molar-refractivity contribution in [1.82, 2.24) is 4.72 Å². The van der Waals surface area contributed by atoms with E-state index in [4.69, 9.17) is 16.3 Å². The van der Waals surface area contributed by atoms with Crippen LogP contribution in [0.4, 0.5) is 10.1 Å². The van der Waals surface area contributed by atoms with Crippen LogP contribution < -0.4 is 10.0 Å². The van der Waals surface area contributed by atoms with E-state index in [9.17, 15) is 22.4 Å². The number of nitrogens with one attached hydrogen (secondary N) is 2. The number of benzene rings is 2. The second-order valence-corrected chi connectivity index (χ2v) is 7.65. The van der Waals surface area contributed by atoms with Gasteiger partial charge in [-0.25, -0.2) is 12.8 Å². The lowest BCUT2D eigenvalue weighted by Gasteiger charge is -2.09. The second kappa shape index (κ2) is 8.94. The maximum Gasteiger partial charge on any atom is 0.321 e. The van der Waals surface area contributed by atoms with Crippen LogP contribution in [-0.2, 0) is 24.3 Å². The quantitative estimate of drug-likeness (QED) is 0.676. The minimum atomic E-state index is -3.87. The van der Waals surface area contributed by atoms with Crippen LogP contribution in [0.3, 0.4) is 0 Å². The van der Waals surface area contributed by atoms with Crippen LogP contribution in [0.5, 0.6) is 0 Å². The summed E-state index contributed by atoms with van der Waals surface area (Å²) in [5.74, 6) is -2.26. The average Bonchev–Trinajstić information content (AvgIpc) is 2.62. The Labute approximate surface area is 160 Å². The topological polar surface area (TPSA) is 102 Å². The third-order valence-corrected chi connectivity index (χ3v) is 5.01. The third-order valence-electron chi connectivity index (χ3n) is 3.31. The fourth-order valence-electron chi connectivity index (χ4n) is 1.92. The summed E-state index contributed by atoms with van der Waals surface area (Å²) in [6, 6.07) is 9.62. The first-order valence-electron chi connectivity index (χ1n) is 7.64. The molecule has 0 bridgehead atoms. The van der Waals surface area contributed by atoms with Crippen molar-refractivity contribution in [3.63, 3.8) is 0 Å². The summed E-state index contributed by atoms with van der Waals surface area (Å²) in [7, 11) is -3.87. The van der Waals surface area contributed by atoms with Gasteiger partial charge in [-0.05, 0) is 37.3 Å². The second-order valence-electron chi connectivity index (χ2n) is 5.48. The zero-order chi connectivity index (χ0) is 20.0. The summed E-state index contributed by atoms with van der Waals surface area (Å²) in [6.45, 7) is 0.540. The molecule has 0 aliphatic carbocycles. The standard InChI is InChI=1S/C17H16ClFN2O5S/c1-11-2-5-13(6-3-11)27(24,25)20-9-17(23)26-10-16(22)21-12-4-7-15(19)14(18)8-12/h2-8,20H,9-10H2,1H3,(H,21,22). The van der Waals surface area contributed by atoms with E-state index < -0.39 is 40.9 Å². The van der Waals surface area contributed by atoms with E-state index >= 15 is 0 Å². The van der Waals surface area contributed by atoms with Crippen molar-refractivity contribution in [1.29, 1.82) is 0 Å². The number of carbonyl (C=O) groups is 2. The highest BCUT2D eigenvalue weighted by Gasteiger charge is 2.16. The molecule has 0 spiro atoms. The van der Waals surface area contributed by atoms with E-state index in [1.165, 1.54) is 24.3 Å². The monoisotopic (exact) mass is 414 g/mol. The van der Waals surface area contributed by atoms with Gasteiger partial charge in [0.1, 0.15) is 12.4 Å². The van der Waals surface area contributed by atoms with Crippen LogP contribution in [0.2, 0.25) is 5.02 Å². The van der Waals surface area contributed by atoms with Crippen molar-refractivity contribution in [2.24, 2.45) is 0 Å². The van der Waals surface area contributed by atoms with Gasteiger partial charge in [0.2, 0.25) is 10.0 Å². The first-order chi connectivity index (χ1) is 12.7. The average molecular weight is 415 g/mol. The van der Waals surface area contributed by atoms with Gasteiger partial charge in [-0.15, -0.1) is 0 Å². The molecule has 2 aromatic rings. The minimum absolute atomic E-state index is 0.00633. The van der Waals surface area contributed by atoms with Crippen molar-refractivity contribution in [3.8, 4) is 0 Å². The molecule has 10 heteroatoms. The van der Waals surface area contributed by atoms with Gasteiger partial charge in [0.25, 0.3) is 5.91 Å². The molecule has 0 atom stereocenters. The SMILES string of the molecule is Cc1ccc(S(=O)(=O)NCC(=O)OCC(=O)Nc2ccc(F)c(Cl)c2)cc1. The third kappa shape index (κ3) is 6.31. The fourth-order valence-corrected chi connectivity index (χ4v) is 3.07. The van der Waals surface area contributed by atoms with Crippen molar-refractivity contribution >= 4 is 39.2 Å². The summed E-state index contributed by atoms with van der Waals surface area (Å²) in [6.07, 6.45) is 0. The highest BCUT2D eigenvalue weighted by Crippen LogP contribution is 2.19.